The molecule has 0 aliphatic carbocycles. The van der Waals surface area contributed by atoms with Crippen LogP contribution in [0.1, 0.15) is 5.76 Å². The first-order valence-electron chi connectivity index (χ1n) is 5.63. The highest BCUT2D eigenvalue weighted by Gasteiger charge is 2.00. The van der Waals surface area contributed by atoms with Crippen LogP contribution in [0.15, 0.2) is 53.5 Å². The van der Waals surface area contributed by atoms with Crippen LogP contribution < -0.4 is 5.32 Å². The number of rotatable bonds is 4. The molecular formula is C13H12N4O. The van der Waals surface area contributed by atoms with Gasteiger partial charge < -0.3 is 9.73 Å². The molecule has 5 nitrogen and oxygen atoms in total. The minimum Gasteiger partial charge on any atom is -0.447 e. The van der Waals surface area contributed by atoms with Crippen LogP contribution in [0.5, 0.6) is 0 Å². The summed E-state index contributed by atoms with van der Waals surface area (Å²) in [5, 5.41) is 10.1. The number of H-pyrrole nitrogens is 1. The normalized spacial score (nSPS) is 10.4. The Labute approximate surface area is 104 Å². The Hall–Kier alpha value is -2.56. The molecule has 3 rings (SSSR count). The molecule has 0 saturated heterocycles. The number of benzene rings is 1. The van der Waals surface area contributed by atoms with Crippen LogP contribution in [0.3, 0.4) is 0 Å². The van der Waals surface area contributed by atoms with Gasteiger partial charge in [-0.05, 0) is 23.8 Å². The Morgan fingerprint density at radius 2 is 2.06 bits per heavy atom. The lowest BCUT2D eigenvalue weighted by Gasteiger charge is -2.05. The summed E-state index contributed by atoms with van der Waals surface area (Å²) in [7, 11) is 0. The van der Waals surface area contributed by atoms with Gasteiger partial charge in [-0.1, -0.05) is 12.1 Å². The number of aromatic amines is 1. The summed E-state index contributed by atoms with van der Waals surface area (Å²) >= 11 is 0. The van der Waals surface area contributed by atoms with Crippen molar-refractivity contribution >= 4 is 5.69 Å². The van der Waals surface area contributed by atoms with Crippen molar-refractivity contribution in [2.45, 2.75) is 6.54 Å². The second-order valence-corrected chi connectivity index (χ2v) is 3.87. The smallest absolute Gasteiger partial charge is 0.180 e. The number of nitrogens with zero attached hydrogens (tertiary/aromatic N) is 2. The molecule has 1 aromatic carbocycles. The van der Waals surface area contributed by atoms with E-state index in [1.807, 2.05) is 30.3 Å². The van der Waals surface area contributed by atoms with Crippen molar-refractivity contribution < 1.29 is 4.42 Å². The third kappa shape index (κ3) is 2.24. The third-order valence-electron chi connectivity index (χ3n) is 2.65. The molecule has 0 bridgehead atoms. The van der Waals surface area contributed by atoms with Crippen molar-refractivity contribution in [2.24, 2.45) is 0 Å². The zero-order valence-electron chi connectivity index (χ0n) is 9.63. The highest BCUT2D eigenvalue weighted by atomic mass is 16.3. The van der Waals surface area contributed by atoms with Crippen molar-refractivity contribution in [3.63, 3.8) is 0 Å². The Bertz CT molecular complexity index is 584. The fourth-order valence-electron chi connectivity index (χ4n) is 1.70. The van der Waals surface area contributed by atoms with Gasteiger partial charge in [0, 0.05) is 11.9 Å². The van der Waals surface area contributed by atoms with Crippen LogP contribution in [0.25, 0.3) is 11.3 Å². The topological polar surface area (TPSA) is 66.7 Å². The monoisotopic (exact) mass is 240 g/mol. The first-order chi connectivity index (χ1) is 8.92. The van der Waals surface area contributed by atoms with E-state index in [9.17, 15) is 0 Å². The van der Waals surface area contributed by atoms with Crippen molar-refractivity contribution in [3.8, 4) is 11.3 Å². The number of hydrogen-bond acceptors (Lipinski definition) is 4. The number of oxazole rings is 1. The summed E-state index contributed by atoms with van der Waals surface area (Å²) in [6, 6.07) is 10.1. The molecule has 0 amide bonds. The van der Waals surface area contributed by atoms with Crippen LogP contribution in [0, 0.1) is 0 Å². The molecular weight excluding hydrogens is 228 g/mol. The van der Waals surface area contributed by atoms with Gasteiger partial charge in [0.1, 0.15) is 5.76 Å². The van der Waals surface area contributed by atoms with Crippen molar-refractivity contribution in [3.05, 3.63) is 54.9 Å². The Morgan fingerprint density at radius 3 is 2.72 bits per heavy atom. The maximum Gasteiger partial charge on any atom is 0.180 e. The standard InChI is InChI=1S/C13H12N4O/c1-3-11(15-8-12-7-14-9-18-12)4-2-10(1)13-5-6-16-17-13/h1-7,9,15H,8H2,(H,16,17). The van der Waals surface area contributed by atoms with Crippen molar-refractivity contribution in [1.82, 2.24) is 15.2 Å². The fraction of sp³-hybridized carbons (Fsp3) is 0.0769. The molecule has 3 aromatic rings. The SMILES string of the molecule is c1cc(-c2ccc(NCc3cnco3)cc2)[nH]n1. The zero-order chi connectivity index (χ0) is 12.2. The fourth-order valence-corrected chi connectivity index (χ4v) is 1.70. The van der Waals surface area contributed by atoms with Crippen LogP contribution in [-0.2, 0) is 6.54 Å². The molecule has 0 unspecified atom stereocenters. The maximum atomic E-state index is 5.15. The predicted molar refractivity (Wildman–Crippen MR) is 67.9 cm³/mol. The van der Waals surface area contributed by atoms with E-state index in [1.54, 1.807) is 12.4 Å². The van der Waals surface area contributed by atoms with E-state index >= 15 is 0 Å². The van der Waals surface area contributed by atoms with Gasteiger partial charge in [0.25, 0.3) is 0 Å². The van der Waals surface area contributed by atoms with Crippen molar-refractivity contribution in [2.75, 3.05) is 5.32 Å². The molecule has 0 aliphatic rings. The first kappa shape index (κ1) is 10.6. The molecule has 2 heterocycles. The van der Waals surface area contributed by atoms with E-state index < -0.39 is 0 Å². The van der Waals surface area contributed by atoms with Crippen LogP contribution in [-0.4, -0.2) is 15.2 Å². The van der Waals surface area contributed by atoms with Gasteiger partial charge in [0.15, 0.2) is 6.39 Å². The largest absolute Gasteiger partial charge is 0.447 e. The minimum absolute atomic E-state index is 0.628. The maximum absolute atomic E-state index is 5.15. The highest BCUT2D eigenvalue weighted by Crippen LogP contribution is 2.19. The van der Waals surface area contributed by atoms with Gasteiger partial charge in [-0.15, -0.1) is 0 Å². The summed E-state index contributed by atoms with van der Waals surface area (Å²) in [6.07, 6.45) is 4.87. The third-order valence-corrected chi connectivity index (χ3v) is 2.65. The lowest BCUT2D eigenvalue weighted by Crippen LogP contribution is -1.97. The Kier molecular flexibility index (Phi) is 2.79. The molecule has 90 valence electrons. The van der Waals surface area contributed by atoms with E-state index in [-0.39, 0.29) is 0 Å². The number of anilines is 1. The van der Waals surface area contributed by atoms with E-state index in [2.05, 4.69) is 20.5 Å². The summed E-state index contributed by atoms with van der Waals surface area (Å²) in [5.74, 6) is 0.813. The molecule has 5 heteroatoms. The zero-order valence-corrected chi connectivity index (χ0v) is 9.63. The molecule has 0 spiro atoms. The molecule has 18 heavy (non-hydrogen) atoms. The average molecular weight is 240 g/mol. The van der Waals surface area contributed by atoms with Crippen LogP contribution >= 0.6 is 0 Å². The number of hydrogen-bond donors (Lipinski definition) is 2. The Morgan fingerprint density at radius 1 is 1.17 bits per heavy atom. The quantitative estimate of drug-likeness (QED) is 0.735. The summed E-state index contributed by atoms with van der Waals surface area (Å²) in [6.45, 7) is 0.628. The number of aromatic nitrogens is 3. The average Bonchev–Trinajstić information content (AvgIpc) is 3.10. The van der Waals surface area contributed by atoms with Gasteiger partial charge in [0.05, 0.1) is 18.4 Å². The molecule has 2 aromatic heterocycles. The molecule has 0 aliphatic heterocycles. The highest BCUT2D eigenvalue weighted by molar-refractivity contribution is 5.62. The van der Waals surface area contributed by atoms with E-state index in [4.69, 9.17) is 4.42 Å². The van der Waals surface area contributed by atoms with Crippen LogP contribution in [0.2, 0.25) is 0 Å². The summed E-state index contributed by atoms with van der Waals surface area (Å²) < 4.78 is 5.15. The van der Waals surface area contributed by atoms with E-state index in [1.165, 1.54) is 6.39 Å². The Balaban J connectivity index is 1.68. The van der Waals surface area contributed by atoms with Crippen molar-refractivity contribution in [1.29, 1.82) is 0 Å². The lowest BCUT2D eigenvalue weighted by molar-refractivity contribution is 0.512. The van der Waals surface area contributed by atoms with Gasteiger partial charge in [-0.25, -0.2) is 4.98 Å². The summed E-state index contributed by atoms with van der Waals surface area (Å²) in [5.41, 5.74) is 3.16. The molecule has 0 atom stereocenters. The molecule has 2 N–H and O–H groups in total. The summed E-state index contributed by atoms with van der Waals surface area (Å²) in [4.78, 5) is 3.86. The second-order valence-electron chi connectivity index (χ2n) is 3.87. The van der Waals surface area contributed by atoms with Gasteiger partial charge in [0.2, 0.25) is 0 Å². The number of nitrogens with one attached hydrogen (secondary N) is 2. The predicted octanol–water partition coefficient (Wildman–Crippen LogP) is 2.68. The minimum atomic E-state index is 0.628. The first-order valence-corrected chi connectivity index (χ1v) is 5.63. The van der Waals surface area contributed by atoms with Gasteiger partial charge >= 0.3 is 0 Å². The molecule has 0 fully saturated rings. The molecule has 0 saturated carbocycles. The van der Waals surface area contributed by atoms with E-state index in [0.717, 1.165) is 22.7 Å². The molecule has 0 radical (unpaired) electrons. The van der Waals surface area contributed by atoms with E-state index in [0.29, 0.717) is 6.54 Å². The lowest BCUT2D eigenvalue weighted by atomic mass is 10.1. The van der Waals surface area contributed by atoms with Gasteiger partial charge in [-0.2, -0.15) is 5.10 Å². The van der Waals surface area contributed by atoms with Gasteiger partial charge in [-0.3, -0.25) is 5.10 Å². The van der Waals surface area contributed by atoms with Crippen LogP contribution in [0.4, 0.5) is 5.69 Å². The second kappa shape index (κ2) is 4.75.